The Labute approximate surface area is 204 Å². The Kier molecular flexibility index (Phi) is 5.23. The van der Waals surface area contributed by atoms with Crippen molar-refractivity contribution in [3.63, 3.8) is 0 Å². The molecular weight excluding hydrogens is 432 g/mol. The van der Waals surface area contributed by atoms with E-state index < -0.39 is 0 Å². The Morgan fingerprint density at radius 3 is 2.20 bits per heavy atom. The highest BCUT2D eigenvalue weighted by atomic mass is 16.5. The molecule has 0 fully saturated rings. The van der Waals surface area contributed by atoms with E-state index in [-0.39, 0.29) is 6.04 Å². The lowest BCUT2D eigenvalue weighted by atomic mass is 9.95. The van der Waals surface area contributed by atoms with Crippen LogP contribution in [0.1, 0.15) is 23.6 Å². The maximum atomic E-state index is 5.91. The Morgan fingerprint density at radius 2 is 1.51 bits per heavy atom. The standard InChI is InChI=1S/C30H26N4O/c1-35-28-17-24-26(16-23(28)27-18-25(33-34-27)19-12-14-22(31)15-13-19)32-30(21-10-6-3-7-11-21)29(24)20-8-4-2-5-9-20/h2-17,27,32,34H,18,31H2,1H3. The number of fused-ring (bicyclic) bond motifs is 1. The van der Waals surface area contributed by atoms with E-state index in [0.29, 0.717) is 0 Å². The number of aromatic nitrogens is 1. The monoisotopic (exact) mass is 458 g/mol. The number of nitrogen functional groups attached to an aromatic ring is 1. The summed E-state index contributed by atoms with van der Waals surface area (Å²) in [5.41, 5.74) is 18.8. The molecule has 4 N–H and O–H groups in total. The van der Waals surface area contributed by atoms with Gasteiger partial charge in [-0.05, 0) is 41.0 Å². The van der Waals surface area contributed by atoms with Gasteiger partial charge in [-0.2, -0.15) is 5.10 Å². The fraction of sp³-hybridized carbons (Fsp3) is 0.100. The molecule has 5 aromatic rings. The molecule has 0 bridgehead atoms. The maximum absolute atomic E-state index is 5.91. The predicted octanol–water partition coefficient (Wildman–Crippen LogP) is 6.53. The zero-order valence-corrected chi connectivity index (χ0v) is 19.5. The number of hydrazone groups is 1. The molecular formula is C30H26N4O. The molecule has 2 heterocycles. The minimum atomic E-state index is 0.0190. The van der Waals surface area contributed by atoms with Crippen molar-refractivity contribution in [1.82, 2.24) is 10.4 Å². The van der Waals surface area contributed by atoms with Crippen LogP contribution in [0.3, 0.4) is 0 Å². The molecule has 0 aliphatic carbocycles. The number of hydrogen-bond acceptors (Lipinski definition) is 4. The number of ether oxygens (including phenoxy) is 1. The second kappa shape index (κ2) is 8.69. The second-order valence-corrected chi connectivity index (χ2v) is 8.81. The van der Waals surface area contributed by atoms with Gasteiger partial charge in [0.25, 0.3) is 0 Å². The van der Waals surface area contributed by atoms with Crippen LogP contribution in [0.25, 0.3) is 33.3 Å². The molecule has 0 saturated heterocycles. The van der Waals surface area contributed by atoms with E-state index in [4.69, 9.17) is 10.5 Å². The van der Waals surface area contributed by atoms with Crippen molar-refractivity contribution in [2.75, 3.05) is 12.8 Å². The first-order valence-corrected chi connectivity index (χ1v) is 11.7. The van der Waals surface area contributed by atoms with Gasteiger partial charge in [-0.1, -0.05) is 72.8 Å². The van der Waals surface area contributed by atoms with Crippen LogP contribution in [0, 0.1) is 0 Å². The minimum absolute atomic E-state index is 0.0190. The fourth-order valence-electron chi connectivity index (χ4n) is 4.89. The van der Waals surface area contributed by atoms with Crippen molar-refractivity contribution in [3.05, 3.63) is 108 Å². The molecule has 5 heteroatoms. The van der Waals surface area contributed by atoms with Gasteiger partial charge in [0.2, 0.25) is 0 Å². The maximum Gasteiger partial charge on any atom is 0.124 e. The van der Waals surface area contributed by atoms with Gasteiger partial charge < -0.3 is 20.9 Å². The smallest absolute Gasteiger partial charge is 0.124 e. The van der Waals surface area contributed by atoms with Crippen molar-refractivity contribution in [3.8, 4) is 28.1 Å². The topological polar surface area (TPSA) is 75.4 Å². The van der Waals surface area contributed by atoms with Crippen LogP contribution in [0.4, 0.5) is 5.69 Å². The summed E-state index contributed by atoms with van der Waals surface area (Å²) in [4.78, 5) is 3.71. The normalized spacial score (nSPS) is 15.1. The highest BCUT2D eigenvalue weighted by molar-refractivity contribution is 6.05. The summed E-state index contributed by atoms with van der Waals surface area (Å²) < 4.78 is 5.91. The number of anilines is 1. The molecule has 1 aliphatic rings. The fourth-order valence-corrected chi connectivity index (χ4v) is 4.89. The highest BCUT2D eigenvalue weighted by Crippen LogP contribution is 2.42. The van der Waals surface area contributed by atoms with E-state index in [2.05, 4.69) is 76.2 Å². The number of rotatable bonds is 5. The Hall–Kier alpha value is -4.51. The summed E-state index contributed by atoms with van der Waals surface area (Å²) in [5, 5.41) is 5.76. The van der Waals surface area contributed by atoms with Crippen LogP contribution in [-0.4, -0.2) is 17.8 Å². The molecule has 0 spiro atoms. The summed E-state index contributed by atoms with van der Waals surface area (Å²) in [7, 11) is 1.73. The van der Waals surface area contributed by atoms with Crippen molar-refractivity contribution < 1.29 is 4.74 Å². The summed E-state index contributed by atoms with van der Waals surface area (Å²) >= 11 is 0. The third-order valence-corrected chi connectivity index (χ3v) is 6.65. The number of nitrogens with zero attached hydrogens (tertiary/aromatic N) is 1. The first-order valence-electron chi connectivity index (χ1n) is 11.7. The molecule has 1 atom stereocenters. The summed E-state index contributed by atoms with van der Waals surface area (Å²) in [6.07, 6.45) is 0.767. The van der Waals surface area contributed by atoms with Gasteiger partial charge in [-0.25, -0.2) is 0 Å². The Bertz CT molecular complexity index is 1520. The lowest BCUT2D eigenvalue weighted by molar-refractivity contribution is 0.403. The summed E-state index contributed by atoms with van der Waals surface area (Å²) in [5.74, 6) is 0.847. The van der Waals surface area contributed by atoms with Crippen LogP contribution in [-0.2, 0) is 0 Å². The van der Waals surface area contributed by atoms with Crippen LogP contribution >= 0.6 is 0 Å². The SMILES string of the molecule is COc1cc2c(-c3ccccc3)c(-c3ccccc3)[nH]c2cc1C1CC(c2ccc(N)cc2)=NN1. The van der Waals surface area contributed by atoms with Crippen molar-refractivity contribution >= 4 is 22.3 Å². The number of aromatic amines is 1. The van der Waals surface area contributed by atoms with E-state index in [0.717, 1.165) is 56.9 Å². The zero-order valence-electron chi connectivity index (χ0n) is 19.5. The van der Waals surface area contributed by atoms with Crippen molar-refractivity contribution in [2.24, 2.45) is 5.10 Å². The van der Waals surface area contributed by atoms with Gasteiger partial charge in [-0.15, -0.1) is 0 Å². The predicted molar refractivity (Wildman–Crippen MR) is 144 cm³/mol. The first kappa shape index (κ1) is 21.1. The second-order valence-electron chi connectivity index (χ2n) is 8.81. The molecule has 0 radical (unpaired) electrons. The van der Waals surface area contributed by atoms with E-state index in [1.54, 1.807) is 7.11 Å². The van der Waals surface area contributed by atoms with Crippen LogP contribution in [0.15, 0.2) is 102 Å². The van der Waals surface area contributed by atoms with Crippen molar-refractivity contribution in [1.29, 1.82) is 0 Å². The number of benzene rings is 4. The van der Waals surface area contributed by atoms with Gasteiger partial charge in [0.05, 0.1) is 24.6 Å². The molecule has 35 heavy (non-hydrogen) atoms. The Balaban J connectivity index is 1.45. The summed E-state index contributed by atoms with van der Waals surface area (Å²) in [6.45, 7) is 0. The molecule has 1 aromatic heterocycles. The molecule has 4 aromatic carbocycles. The van der Waals surface area contributed by atoms with E-state index in [1.165, 1.54) is 11.1 Å². The number of methoxy groups -OCH3 is 1. The number of hydrogen-bond donors (Lipinski definition) is 3. The third-order valence-electron chi connectivity index (χ3n) is 6.65. The highest BCUT2D eigenvalue weighted by Gasteiger charge is 2.26. The molecule has 6 rings (SSSR count). The minimum Gasteiger partial charge on any atom is -0.496 e. The van der Waals surface area contributed by atoms with Crippen LogP contribution in [0.5, 0.6) is 5.75 Å². The lowest BCUT2D eigenvalue weighted by Crippen LogP contribution is -2.11. The average molecular weight is 459 g/mol. The lowest BCUT2D eigenvalue weighted by Gasteiger charge is -2.15. The first-order chi connectivity index (χ1) is 17.2. The van der Waals surface area contributed by atoms with Gasteiger partial charge >= 0.3 is 0 Å². The zero-order chi connectivity index (χ0) is 23.8. The van der Waals surface area contributed by atoms with E-state index >= 15 is 0 Å². The molecule has 5 nitrogen and oxygen atoms in total. The van der Waals surface area contributed by atoms with Crippen LogP contribution < -0.4 is 15.9 Å². The molecule has 0 saturated carbocycles. The van der Waals surface area contributed by atoms with Gasteiger partial charge in [0.1, 0.15) is 5.75 Å². The third kappa shape index (κ3) is 3.81. The van der Waals surface area contributed by atoms with Crippen molar-refractivity contribution in [2.45, 2.75) is 12.5 Å². The van der Waals surface area contributed by atoms with Gasteiger partial charge in [0.15, 0.2) is 0 Å². The number of nitrogens with two attached hydrogens (primary N) is 1. The molecule has 172 valence electrons. The largest absolute Gasteiger partial charge is 0.496 e. The summed E-state index contributed by atoms with van der Waals surface area (Å²) in [6, 6.07) is 33.2. The quantitative estimate of drug-likeness (QED) is 0.262. The molecule has 1 unspecified atom stereocenters. The molecule has 0 amide bonds. The molecule has 1 aliphatic heterocycles. The number of H-pyrrole nitrogens is 1. The average Bonchev–Trinajstić information content (AvgIpc) is 3.54. The number of nitrogens with one attached hydrogen (secondary N) is 2. The Morgan fingerprint density at radius 1 is 0.829 bits per heavy atom. The van der Waals surface area contributed by atoms with Gasteiger partial charge in [-0.3, -0.25) is 0 Å². The van der Waals surface area contributed by atoms with Gasteiger partial charge in [0, 0.05) is 34.1 Å². The van der Waals surface area contributed by atoms with E-state index in [9.17, 15) is 0 Å². The van der Waals surface area contributed by atoms with E-state index in [1.807, 2.05) is 36.4 Å². The van der Waals surface area contributed by atoms with Crippen LogP contribution in [0.2, 0.25) is 0 Å².